The van der Waals surface area contributed by atoms with E-state index in [0.29, 0.717) is 6.42 Å². The molecule has 4 N–H and O–H groups in total. The van der Waals surface area contributed by atoms with Crippen LogP contribution < -0.4 is 11.2 Å². The molecule has 0 amide bonds. The van der Waals surface area contributed by atoms with Gasteiger partial charge in [0.15, 0.2) is 5.11 Å². The zero-order chi connectivity index (χ0) is 11.1. The number of benzene rings is 1. The van der Waals surface area contributed by atoms with Crippen LogP contribution in [0.4, 0.5) is 0 Å². The summed E-state index contributed by atoms with van der Waals surface area (Å²) in [6.45, 7) is 0.163. The first-order chi connectivity index (χ1) is 7.22. The van der Waals surface area contributed by atoms with Crippen molar-refractivity contribution in [2.45, 2.75) is 6.42 Å². The lowest BCUT2D eigenvalue weighted by atomic mass is 10.1. The molecule has 0 aliphatic rings. The van der Waals surface area contributed by atoms with E-state index in [0.717, 1.165) is 11.1 Å². The van der Waals surface area contributed by atoms with E-state index in [4.69, 9.17) is 10.8 Å². The molecule has 0 fully saturated rings. The Bertz CT molecular complexity index is 348. The van der Waals surface area contributed by atoms with Gasteiger partial charge in [0.05, 0.1) is 6.21 Å². The highest BCUT2D eigenvalue weighted by Gasteiger charge is 1.91. The summed E-state index contributed by atoms with van der Waals surface area (Å²) < 4.78 is 0. The van der Waals surface area contributed by atoms with E-state index in [2.05, 4.69) is 22.7 Å². The first-order valence-electron chi connectivity index (χ1n) is 4.50. The molecule has 1 aromatic rings. The Morgan fingerprint density at radius 2 is 2.13 bits per heavy atom. The van der Waals surface area contributed by atoms with Crippen LogP contribution >= 0.6 is 12.2 Å². The van der Waals surface area contributed by atoms with Crippen molar-refractivity contribution in [2.24, 2.45) is 10.8 Å². The molecule has 0 aliphatic heterocycles. The standard InChI is InChI=1S/C10H13N3OS/c11-10(15)13-12-7-9-3-1-8(2-4-9)5-6-14/h1-4,7,14H,5-6H2,(H3,11,13,15). The molecule has 0 aliphatic carbocycles. The molecule has 0 spiro atoms. The van der Waals surface area contributed by atoms with Gasteiger partial charge in [-0.1, -0.05) is 24.3 Å². The second-order valence-corrected chi connectivity index (χ2v) is 3.39. The molecule has 80 valence electrons. The Morgan fingerprint density at radius 3 is 2.67 bits per heavy atom. The molecule has 0 bridgehead atoms. The number of nitrogens with two attached hydrogens (primary N) is 1. The lowest BCUT2D eigenvalue weighted by Crippen LogP contribution is -2.23. The maximum atomic E-state index is 8.73. The van der Waals surface area contributed by atoms with Crippen LogP contribution in [0.25, 0.3) is 0 Å². The molecule has 1 rings (SSSR count). The van der Waals surface area contributed by atoms with Crippen LogP contribution in [0, 0.1) is 0 Å². The van der Waals surface area contributed by atoms with Gasteiger partial charge in [0.2, 0.25) is 0 Å². The molecular formula is C10H13N3OS. The Kier molecular flexibility index (Phi) is 4.73. The Balaban J connectivity index is 2.56. The molecule has 0 heterocycles. The summed E-state index contributed by atoms with van der Waals surface area (Å²) in [6, 6.07) is 7.71. The molecule has 0 radical (unpaired) electrons. The fourth-order valence-electron chi connectivity index (χ4n) is 1.07. The topological polar surface area (TPSA) is 70.6 Å². The van der Waals surface area contributed by atoms with Gasteiger partial charge in [-0.25, -0.2) is 0 Å². The number of hydrogen-bond donors (Lipinski definition) is 3. The fourth-order valence-corrected chi connectivity index (χ4v) is 1.12. The molecule has 1 aromatic carbocycles. The van der Waals surface area contributed by atoms with Crippen molar-refractivity contribution in [3.8, 4) is 0 Å². The van der Waals surface area contributed by atoms with E-state index >= 15 is 0 Å². The van der Waals surface area contributed by atoms with Gasteiger partial charge < -0.3 is 10.8 Å². The van der Waals surface area contributed by atoms with Crippen LogP contribution in [0.5, 0.6) is 0 Å². The minimum Gasteiger partial charge on any atom is -0.396 e. The molecule has 0 unspecified atom stereocenters. The maximum Gasteiger partial charge on any atom is 0.184 e. The van der Waals surface area contributed by atoms with Crippen molar-refractivity contribution >= 4 is 23.5 Å². The van der Waals surface area contributed by atoms with Crippen LogP contribution in [0.3, 0.4) is 0 Å². The minimum absolute atomic E-state index is 0.142. The van der Waals surface area contributed by atoms with Crippen LogP contribution in [0.2, 0.25) is 0 Å². The SMILES string of the molecule is NC(=S)NN=Cc1ccc(CCO)cc1. The zero-order valence-electron chi connectivity index (χ0n) is 8.18. The predicted octanol–water partition coefficient (Wildman–Crippen LogP) is 0.388. The Labute approximate surface area is 93.8 Å². The van der Waals surface area contributed by atoms with Crippen LogP contribution in [-0.4, -0.2) is 23.0 Å². The van der Waals surface area contributed by atoms with Gasteiger partial charge in [0.25, 0.3) is 0 Å². The van der Waals surface area contributed by atoms with Gasteiger partial charge in [0.1, 0.15) is 0 Å². The molecule has 0 aromatic heterocycles. The van der Waals surface area contributed by atoms with Crippen LogP contribution in [-0.2, 0) is 6.42 Å². The molecule has 15 heavy (non-hydrogen) atoms. The quantitative estimate of drug-likeness (QED) is 0.392. The van der Waals surface area contributed by atoms with Crippen molar-refractivity contribution in [3.05, 3.63) is 35.4 Å². The van der Waals surface area contributed by atoms with E-state index in [1.165, 1.54) is 0 Å². The van der Waals surface area contributed by atoms with Crippen molar-refractivity contribution in [1.82, 2.24) is 5.43 Å². The summed E-state index contributed by atoms with van der Waals surface area (Å²) in [4.78, 5) is 0. The van der Waals surface area contributed by atoms with Crippen molar-refractivity contribution < 1.29 is 5.11 Å². The number of thiocarbonyl (C=S) groups is 1. The molecular weight excluding hydrogens is 210 g/mol. The molecule has 4 nitrogen and oxygen atoms in total. The van der Waals surface area contributed by atoms with Crippen LogP contribution in [0.1, 0.15) is 11.1 Å². The minimum atomic E-state index is 0.142. The molecule has 5 heteroatoms. The average molecular weight is 223 g/mol. The van der Waals surface area contributed by atoms with Gasteiger partial charge in [-0.3, -0.25) is 5.43 Å². The third-order valence-electron chi connectivity index (χ3n) is 1.77. The first-order valence-corrected chi connectivity index (χ1v) is 4.91. The van der Waals surface area contributed by atoms with E-state index in [-0.39, 0.29) is 11.7 Å². The summed E-state index contributed by atoms with van der Waals surface area (Å²) >= 11 is 4.59. The average Bonchev–Trinajstić information content (AvgIpc) is 2.20. The van der Waals surface area contributed by atoms with Gasteiger partial charge in [0, 0.05) is 6.61 Å². The predicted molar refractivity (Wildman–Crippen MR) is 64.7 cm³/mol. The highest BCUT2D eigenvalue weighted by Crippen LogP contribution is 2.02. The lowest BCUT2D eigenvalue weighted by molar-refractivity contribution is 0.299. The number of aliphatic hydroxyl groups is 1. The number of hydrogen-bond acceptors (Lipinski definition) is 3. The zero-order valence-corrected chi connectivity index (χ0v) is 9.00. The maximum absolute atomic E-state index is 8.73. The van der Waals surface area contributed by atoms with Crippen molar-refractivity contribution in [1.29, 1.82) is 0 Å². The van der Waals surface area contributed by atoms with Gasteiger partial charge >= 0.3 is 0 Å². The number of rotatable bonds is 4. The van der Waals surface area contributed by atoms with Gasteiger partial charge in [-0.05, 0) is 29.8 Å². The summed E-state index contributed by atoms with van der Waals surface area (Å²) in [5.41, 5.74) is 9.71. The van der Waals surface area contributed by atoms with Crippen molar-refractivity contribution in [3.63, 3.8) is 0 Å². The third-order valence-corrected chi connectivity index (χ3v) is 1.86. The summed E-state index contributed by atoms with van der Waals surface area (Å²) in [7, 11) is 0. The second-order valence-electron chi connectivity index (χ2n) is 2.95. The monoisotopic (exact) mass is 223 g/mol. The van der Waals surface area contributed by atoms with Crippen LogP contribution in [0.15, 0.2) is 29.4 Å². The third kappa shape index (κ3) is 4.53. The van der Waals surface area contributed by atoms with Gasteiger partial charge in [-0.15, -0.1) is 0 Å². The van der Waals surface area contributed by atoms with E-state index < -0.39 is 0 Å². The Morgan fingerprint density at radius 1 is 1.47 bits per heavy atom. The van der Waals surface area contributed by atoms with E-state index in [9.17, 15) is 0 Å². The second kappa shape index (κ2) is 6.10. The van der Waals surface area contributed by atoms with Crippen molar-refractivity contribution in [2.75, 3.05) is 6.61 Å². The highest BCUT2D eigenvalue weighted by atomic mass is 32.1. The van der Waals surface area contributed by atoms with Gasteiger partial charge in [-0.2, -0.15) is 5.10 Å². The van der Waals surface area contributed by atoms with E-state index in [1.54, 1.807) is 6.21 Å². The summed E-state index contributed by atoms with van der Waals surface area (Å²) in [5, 5.41) is 12.7. The molecule has 0 saturated carbocycles. The molecule has 0 saturated heterocycles. The van der Waals surface area contributed by atoms with E-state index in [1.807, 2.05) is 24.3 Å². The summed E-state index contributed by atoms with van der Waals surface area (Å²) in [6.07, 6.45) is 2.30. The number of nitrogens with one attached hydrogen (secondary N) is 1. The number of aliphatic hydroxyl groups excluding tert-OH is 1. The smallest absolute Gasteiger partial charge is 0.184 e. The molecule has 0 atom stereocenters. The largest absolute Gasteiger partial charge is 0.396 e. The highest BCUT2D eigenvalue weighted by molar-refractivity contribution is 7.80. The number of hydrazone groups is 1. The normalized spacial score (nSPS) is 10.5. The lowest BCUT2D eigenvalue weighted by Gasteiger charge is -1.98. The fraction of sp³-hybridized carbons (Fsp3) is 0.200. The summed E-state index contributed by atoms with van der Waals surface area (Å²) in [5.74, 6) is 0. The Hall–Kier alpha value is -1.46. The first kappa shape index (κ1) is 11.6. The number of nitrogens with zero attached hydrogens (tertiary/aromatic N) is 1.